The van der Waals surface area contributed by atoms with Crippen LogP contribution in [-0.4, -0.2) is 10.7 Å². The lowest BCUT2D eigenvalue weighted by molar-refractivity contribution is 1.34. The standard InChI is InChI=1S/C10H5N5S/c11-4-8(5-12)15-14-7-1-2-9-10(3-7)16-6-13-9/h1-3,6,14H. The van der Waals surface area contributed by atoms with Gasteiger partial charge in [-0.05, 0) is 18.2 Å². The smallest absolute Gasteiger partial charge is 0.237 e. The van der Waals surface area contributed by atoms with E-state index in [1.807, 2.05) is 12.1 Å². The summed E-state index contributed by atoms with van der Waals surface area (Å²) < 4.78 is 1.02. The number of fused-ring (bicyclic) bond motifs is 1. The number of aromatic nitrogens is 1. The van der Waals surface area contributed by atoms with Crippen LogP contribution in [0.15, 0.2) is 28.8 Å². The Bertz CT molecular complexity index is 612. The predicted molar refractivity (Wildman–Crippen MR) is 61.9 cm³/mol. The molecule has 6 heteroatoms. The molecule has 0 unspecified atom stereocenters. The van der Waals surface area contributed by atoms with Crippen molar-refractivity contribution in [2.75, 3.05) is 5.43 Å². The summed E-state index contributed by atoms with van der Waals surface area (Å²) in [4.78, 5) is 4.14. The first kappa shape index (κ1) is 10.1. The van der Waals surface area contributed by atoms with Gasteiger partial charge in [-0.1, -0.05) is 0 Å². The molecular weight excluding hydrogens is 222 g/mol. The van der Waals surface area contributed by atoms with Gasteiger partial charge < -0.3 is 0 Å². The summed E-state index contributed by atoms with van der Waals surface area (Å²) in [5.41, 5.74) is 5.84. The van der Waals surface area contributed by atoms with Crippen LogP contribution in [0, 0.1) is 22.7 Å². The van der Waals surface area contributed by atoms with Crippen molar-refractivity contribution in [1.82, 2.24) is 4.98 Å². The van der Waals surface area contributed by atoms with E-state index >= 15 is 0 Å². The summed E-state index contributed by atoms with van der Waals surface area (Å²) in [6.45, 7) is 0. The minimum absolute atomic E-state index is 0.204. The number of rotatable bonds is 2. The molecule has 76 valence electrons. The minimum atomic E-state index is -0.204. The second-order valence-electron chi connectivity index (χ2n) is 2.83. The summed E-state index contributed by atoms with van der Waals surface area (Å²) in [5, 5.41) is 20.6. The zero-order valence-corrected chi connectivity index (χ0v) is 8.82. The molecule has 0 atom stereocenters. The van der Waals surface area contributed by atoms with Gasteiger partial charge in [-0.15, -0.1) is 11.3 Å². The van der Waals surface area contributed by atoms with E-state index in [1.165, 1.54) is 11.3 Å². The largest absolute Gasteiger partial charge is 0.276 e. The van der Waals surface area contributed by atoms with Crippen LogP contribution < -0.4 is 5.43 Å². The molecule has 0 spiro atoms. The summed E-state index contributed by atoms with van der Waals surface area (Å²) in [6.07, 6.45) is 0. The normalized spacial score (nSPS) is 9.12. The number of benzene rings is 1. The van der Waals surface area contributed by atoms with Crippen LogP contribution in [0.1, 0.15) is 0 Å². The van der Waals surface area contributed by atoms with Gasteiger partial charge in [0.2, 0.25) is 5.71 Å². The maximum absolute atomic E-state index is 8.49. The highest BCUT2D eigenvalue weighted by atomic mass is 32.1. The molecule has 1 N–H and O–H groups in total. The van der Waals surface area contributed by atoms with Crippen LogP contribution in [0.25, 0.3) is 10.2 Å². The number of hydrogen-bond donors (Lipinski definition) is 1. The fourth-order valence-electron chi connectivity index (χ4n) is 1.12. The van der Waals surface area contributed by atoms with Gasteiger partial charge in [-0.3, -0.25) is 5.43 Å². The Kier molecular flexibility index (Phi) is 2.77. The number of anilines is 1. The zero-order chi connectivity index (χ0) is 11.4. The summed E-state index contributed by atoms with van der Waals surface area (Å²) >= 11 is 1.52. The Labute approximate surface area is 95.3 Å². The minimum Gasteiger partial charge on any atom is -0.276 e. The lowest BCUT2D eigenvalue weighted by Gasteiger charge is -1.98. The van der Waals surface area contributed by atoms with Crippen LogP contribution in [-0.2, 0) is 0 Å². The molecule has 0 bridgehead atoms. The molecule has 16 heavy (non-hydrogen) atoms. The molecule has 0 amide bonds. The summed E-state index contributed by atoms with van der Waals surface area (Å²) in [6, 6.07) is 8.84. The average Bonchev–Trinajstić information content (AvgIpc) is 2.77. The SMILES string of the molecule is N#CC(C#N)=NNc1ccc2ncsc2c1. The van der Waals surface area contributed by atoms with Crippen molar-refractivity contribution in [2.45, 2.75) is 0 Å². The van der Waals surface area contributed by atoms with Crippen molar-refractivity contribution in [3.05, 3.63) is 23.7 Å². The molecule has 0 aliphatic rings. The van der Waals surface area contributed by atoms with E-state index in [2.05, 4.69) is 15.5 Å². The molecule has 0 aliphatic heterocycles. The number of nitrogens with zero attached hydrogens (tertiary/aromatic N) is 4. The van der Waals surface area contributed by atoms with Gasteiger partial charge in [0.05, 0.1) is 21.4 Å². The van der Waals surface area contributed by atoms with E-state index in [1.54, 1.807) is 23.7 Å². The maximum Gasteiger partial charge on any atom is 0.237 e. The number of nitriles is 2. The first-order chi connectivity index (χ1) is 7.83. The monoisotopic (exact) mass is 227 g/mol. The molecule has 0 aliphatic carbocycles. The highest BCUT2D eigenvalue weighted by Gasteiger charge is 1.98. The van der Waals surface area contributed by atoms with Gasteiger partial charge in [0.25, 0.3) is 0 Å². The third-order valence-electron chi connectivity index (χ3n) is 1.84. The quantitative estimate of drug-likeness (QED) is 0.629. The van der Waals surface area contributed by atoms with E-state index in [-0.39, 0.29) is 5.71 Å². The predicted octanol–water partition coefficient (Wildman–Crippen LogP) is 2.11. The molecule has 2 rings (SSSR count). The molecule has 0 fully saturated rings. The van der Waals surface area contributed by atoms with Crippen molar-refractivity contribution in [3.8, 4) is 12.1 Å². The maximum atomic E-state index is 8.49. The molecule has 0 radical (unpaired) electrons. The number of nitrogens with one attached hydrogen (secondary N) is 1. The number of hydrazone groups is 1. The zero-order valence-electron chi connectivity index (χ0n) is 8.01. The van der Waals surface area contributed by atoms with Crippen LogP contribution >= 0.6 is 11.3 Å². The molecule has 0 saturated heterocycles. The Balaban J connectivity index is 2.26. The first-order valence-corrected chi connectivity index (χ1v) is 5.18. The third kappa shape index (κ3) is 1.97. The van der Waals surface area contributed by atoms with Crippen LogP contribution in [0.2, 0.25) is 0 Å². The molecular formula is C10H5N5S. The van der Waals surface area contributed by atoms with Crippen molar-refractivity contribution in [2.24, 2.45) is 5.10 Å². The Morgan fingerprint density at radius 3 is 2.94 bits per heavy atom. The van der Waals surface area contributed by atoms with E-state index in [4.69, 9.17) is 10.5 Å². The van der Waals surface area contributed by atoms with E-state index < -0.39 is 0 Å². The average molecular weight is 227 g/mol. The fraction of sp³-hybridized carbons (Fsp3) is 0. The lowest BCUT2D eigenvalue weighted by atomic mass is 10.3. The van der Waals surface area contributed by atoms with E-state index in [0.717, 1.165) is 15.9 Å². The van der Waals surface area contributed by atoms with Crippen molar-refractivity contribution in [1.29, 1.82) is 10.5 Å². The second kappa shape index (κ2) is 4.39. The number of thiazole rings is 1. The van der Waals surface area contributed by atoms with Gasteiger partial charge in [0.15, 0.2) is 0 Å². The second-order valence-corrected chi connectivity index (χ2v) is 3.72. The first-order valence-electron chi connectivity index (χ1n) is 4.30. The summed E-state index contributed by atoms with van der Waals surface area (Å²) in [7, 11) is 0. The van der Waals surface area contributed by atoms with Gasteiger partial charge >= 0.3 is 0 Å². The van der Waals surface area contributed by atoms with Crippen molar-refractivity contribution < 1.29 is 0 Å². The number of hydrogen-bond acceptors (Lipinski definition) is 6. The van der Waals surface area contributed by atoms with Gasteiger partial charge in [-0.25, -0.2) is 4.98 Å². The van der Waals surface area contributed by atoms with Gasteiger partial charge in [0, 0.05) is 0 Å². The molecule has 2 aromatic rings. The van der Waals surface area contributed by atoms with Crippen molar-refractivity contribution >= 4 is 33.0 Å². The Morgan fingerprint density at radius 1 is 1.38 bits per heavy atom. The highest BCUT2D eigenvalue weighted by molar-refractivity contribution is 7.16. The Morgan fingerprint density at radius 2 is 2.19 bits per heavy atom. The molecule has 1 aromatic heterocycles. The lowest BCUT2D eigenvalue weighted by Crippen LogP contribution is -1.95. The topological polar surface area (TPSA) is 84.9 Å². The molecule has 1 heterocycles. The van der Waals surface area contributed by atoms with E-state index in [9.17, 15) is 0 Å². The van der Waals surface area contributed by atoms with Crippen molar-refractivity contribution in [3.63, 3.8) is 0 Å². The molecule has 1 aromatic carbocycles. The highest BCUT2D eigenvalue weighted by Crippen LogP contribution is 2.21. The van der Waals surface area contributed by atoms with Crippen LogP contribution in [0.5, 0.6) is 0 Å². The fourth-order valence-corrected chi connectivity index (χ4v) is 1.84. The van der Waals surface area contributed by atoms with Crippen LogP contribution in [0.4, 0.5) is 5.69 Å². The van der Waals surface area contributed by atoms with Crippen LogP contribution in [0.3, 0.4) is 0 Å². The summed E-state index contributed by atoms with van der Waals surface area (Å²) in [5.74, 6) is 0. The third-order valence-corrected chi connectivity index (χ3v) is 2.63. The molecule has 0 saturated carbocycles. The van der Waals surface area contributed by atoms with Gasteiger partial charge in [-0.2, -0.15) is 15.6 Å². The van der Waals surface area contributed by atoms with E-state index in [0.29, 0.717) is 0 Å². The molecule has 5 nitrogen and oxygen atoms in total. The Hall–Kier alpha value is -2.44. The van der Waals surface area contributed by atoms with Gasteiger partial charge in [0.1, 0.15) is 12.1 Å².